The first-order chi connectivity index (χ1) is 11.4. The highest BCUT2D eigenvalue weighted by atomic mass is 16.2. The SMILES string of the molecule is CC(C)C[C@@H]1NCCN(CC(=O)N2CCCC(CC(N)=O)C2)C1=O. The molecule has 0 radical (unpaired) electrons. The van der Waals surface area contributed by atoms with E-state index in [-0.39, 0.29) is 36.2 Å². The zero-order chi connectivity index (χ0) is 17.7. The summed E-state index contributed by atoms with van der Waals surface area (Å²) in [5, 5.41) is 3.24. The molecule has 2 aliphatic heterocycles. The van der Waals surface area contributed by atoms with Crippen LogP contribution < -0.4 is 11.1 Å². The van der Waals surface area contributed by atoms with Crippen molar-refractivity contribution in [2.24, 2.45) is 17.6 Å². The van der Waals surface area contributed by atoms with Gasteiger partial charge in [0.05, 0.1) is 12.6 Å². The van der Waals surface area contributed by atoms with Gasteiger partial charge in [0, 0.05) is 32.6 Å². The van der Waals surface area contributed by atoms with Gasteiger partial charge < -0.3 is 20.9 Å². The minimum Gasteiger partial charge on any atom is -0.370 e. The minimum atomic E-state index is -0.317. The smallest absolute Gasteiger partial charge is 0.242 e. The summed E-state index contributed by atoms with van der Waals surface area (Å²) in [6.45, 7) is 6.87. The van der Waals surface area contributed by atoms with Crippen molar-refractivity contribution in [3.05, 3.63) is 0 Å². The number of primary amides is 1. The monoisotopic (exact) mass is 338 g/mol. The quantitative estimate of drug-likeness (QED) is 0.709. The lowest BCUT2D eigenvalue weighted by Crippen LogP contribution is -2.58. The van der Waals surface area contributed by atoms with Gasteiger partial charge in [-0.25, -0.2) is 0 Å². The lowest BCUT2D eigenvalue weighted by atomic mass is 9.94. The number of likely N-dealkylation sites (tertiary alicyclic amines) is 1. The summed E-state index contributed by atoms with van der Waals surface area (Å²) >= 11 is 0. The standard InChI is InChI=1S/C17H30N4O3/c1-12(2)8-14-17(24)21(7-5-19-14)11-16(23)20-6-3-4-13(10-20)9-15(18)22/h12-14,19H,3-11H2,1-2H3,(H2,18,22)/t13?,14-/m0/s1. The lowest BCUT2D eigenvalue weighted by molar-refractivity contribution is -0.144. The van der Waals surface area contributed by atoms with Crippen LogP contribution in [-0.2, 0) is 14.4 Å². The molecule has 3 N–H and O–H groups in total. The maximum atomic E-state index is 12.6. The average Bonchev–Trinajstić information content (AvgIpc) is 2.50. The number of carbonyl (C=O) groups excluding carboxylic acids is 3. The van der Waals surface area contributed by atoms with Gasteiger partial charge in [0.25, 0.3) is 0 Å². The van der Waals surface area contributed by atoms with Crippen LogP contribution in [0, 0.1) is 11.8 Å². The molecule has 1 unspecified atom stereocenters. The number of piperazine rings is 1. The first-order valence-electron chi connectivity index (χ1n) is 8.95. The van der Waals surface area contributed by atoms with Crippen LogP contribution in [0.5, 0.6) is 0 Å². The fourth-order valence-electron chi connectivity index (χ4n) is 3.61. The number of piperidine rings is 1. The molecule has 7 nitrogen and oxygen atoms in total. The highest BCUT2D eigenvalue weighted by Crippen LogP contribution is 2.20. The van der Waals surface area contributed by atoms with Crippen LogP contribution in [0.25, 0.3) is 0 Å². The number of carbonyl (C=O) groups is 3. The third-order valence-corrected chi connectivity index (χ3v) is 4.78. The molecule has 3 amide bonds. The van der Waals surface area contributed by atoms with Crippen LogP contribution in [0.1, 0.15) is 39.5 Å². The molecular weight excluding hydrogens is 308 g/mol. The second kappa shape index (κ2) is 8.46. The number of rotatable bonds is 6. The van der Waals surface area contributed by atoms with E-state index >= 15 is 0 Å². The van der Waals surface area contributed by atoms with Crippen LogP contribution in [0.2, 0.25) is 0 Å². The van der Waals surface area contributed by atoms with Crippen molar-refractivity contribution in [2.45, 2.75) is 45.6 Å². The fraction of sp³-hybridized carbons (Fsp3) is 0.824. The van der Waals surface area contributed by atoms with E-state index in [2.05, 4.69) is 19.2 Å². The Labute approximate surface area is 143 Å². The first kappa shape index (κ1) is 18.7. The Morgan fingerprint density at radius 1 is 1.33 bits per heavy atom. The van der Waals surface area contributed by atoms with Gasteiger partial charge in [-0.15, -0.1) is 0 Å². The Kier molecular flexibility index (Phi) is 6.60. The summed E-state index contributed by atoms with van der Waals surface area (Å²) in [6.07, 6.45) is 2.92. The molecule has 136 valence electrons. The Morgan fingerprint density at radius 3 is 2.75 bits per heavy atom. The molecule has 2 rings (SSSR count). The number of nitrogens with two attached hydrogens (primary N) is 1. The van der Waals surface area contributed by atoms with Crippen molar-refractivity contribution in [2.75, 3.05) is 32.7 Å². The van der Waals surface area contributed by atoms with Gasteiger partial charge in [0.15, 0.2) is 0 Å². The molecule has 0 bridgehead atoms. The van der Waals surface area contributed by atoms with Crippen molar-refractivity contribution >= 4 is 17.7 Å². The van der Waals surface area contributed by atoms with Crippen LogP contribution in [-0.4, -0.2) is 66.3 Å². The van der Waals surface area contributed by atoms with Crippen LogP contribution in [0.3, 0.4) is 0 Å². The second-order valence-corrected chi connectivity index (χ2v) is 7.41. The number of hydrogen-bond donors (Lipinski definition) is 2. The third-order valence-electron chi connectivity index (χ3n) is 4.78. The second-order valence-electron chi connectivity index (χ2n) is 7.41. The molecule has 24 heavy (non-hydrogen) atoms. The van der Waals surface area contributed by atoms with Crippen molar-refractivity contribution in [1.82, 2.24) is 15.1 Å². The molecule has 2 atom stereocenters. The average molecular weight is 338 g/mol. The van der Waals surface area contributed by atoms with Crippen LogP contribution in [0.4, 0.5) is 0 Å². The Morgan fingerprint density at radius 2 is 2.08 bits per heavy atom. The van der Waals surface area contributed by atoms with Gasteiger partial charge in [-0.3, -0.25) is 14.4 Å². The lowest BCUT2D eigenvalue weighted by Gasteiger charge is -2.37. The molecule has 0 spiro atoms. The number of amides is 3. The summed E-state index contributed by atoms with van der Waals surface area (Å²) in [5.41, 5.74) is 5.27. The zero-order valence-electron chi connectivity index (χ0n) is 14.8. The molecule has 0 aliphatic carbocycles. The summed E-state index contributed by atoms with van der Waals surface area (Å²) in [6, 6.07) is -0.185. The molecular formula is C17H30N4O3. The van der Waals surface area contributed by atoms with E-state index < -0.39 is 0 Å². The van der Waals surface area contributed by atoms with Crippen molar-refractivity contribution in [3.63, 3.8) is 0 Å². The van der Waals surface area contributed by atoms with E-state index in [1.807, 2.05) is 0 Å². The van der Waals surface area contributed by atoms with Gasteiger partial charge in [0.1, 0.15) is 0 Å². The minimum absolute atomic E-state index is 0.0222. The fourth-order valence-corrected chi connectivity index (χ4v) is 3.61. The van der Waals surface area contributed by atoms with Crippen molar-refractivity contribution < 1.29 is 14.4 Å². The topological polar surface area (TPSA) is 95.7 Å². The molecule has 0 aromatic carbocycles. The molecule has 0 aromatic rings. The first-order valence-corrected chi connectivity index (χ1v) is 8.95. The van der Waals surface area contributed by atoms with Gasteiger partial charge in [-0.2, -0.15) is 0 Å². The summed E-state index contributed by atoms with van der Waals surface area (Å²) in [7, 11) is 0. The van der Waals surface area contributed by atoms with Crippen LogP contribution >= 0.6 is 0 Å². The summed E-state index contributed by atoms with van der Waals surface area (Å²) < 4.78 is 0. The number of nitrogens with zero attached hydrogens (tertiary/aromatic N) is 2. The van der Waals surface area contributed by atoms with E-state index in [0.717, 1.165) is 25.8 Å². The van der Waals surface area contributed by atoms with Crippen molar-refractivity contribution in [3.8, 4) is 0 Å². The molecule has 7 heteroatoms. The largest absolute Gasteiger partial charge is 0.370 e. The Balaban J connectivity index is 1.88. The number of hydrogen-bond acceptors (Lipinski definition) is 4. The van der Waals surface area contributed by atoms with Crippen molar-refractivity contribution in [1.29, 1.82) is 0 Å². The Bertz CT molecular complexity index is 480. The van der Waals surface area contributed by atoms with Gasteiger partial charge in [0.2, 0.25) is 17.7 Å². The van der Waals surface area contributed by atoms with E-state index in [9.17, 15) is 14.4 Å². The highest BCUT2D eigenvalue weighted by molar-refractivity contribution is 5.88. The third kappa shape index (κ3) is 5.19. The zero-order valence-corrected chi connectivity index (χ0v) is 14.8. The highest BCUT2D eigenvalue weighted by Gasteiger charge is 2.32. The van der Waals surface area contributed by atoms with Gasteiger partial charge in [-0.05, 0) is 31.1 Å². The normalized spacial score (nSPS) is 25.2. The molecule has 2 fully saturated rings. The van der Waals surface area contributed by atoms with E-state index in [0.29, 0.717) is 32.0 Å². The maximum absolute atomic E-state index is 12.6. The predicted octanol–water partition coefficient (Wildman–Crippen LogP) is -0.0531. The predicted molar refractivity (Wildman–Crippen MR) is 90.9 cm³/mol. The van der Waals surface area contributed by atoms with E-state index in [1.54, 1.807) is 9.80 Å². The molecule has 0 aromatic heterocycles. The van der Waals surface area contributed by atoms with E-state index in [4.69, 9.17) is 5.73 Å². The van der Waals surface area contributed by atoms with Crippen LogP contribution in [0.15, 0.2) is 0 Å². The summed E-state index contributed by atoms with van der Waals surface area (Å²) in [5.74, 6) is 0.256. The molecule has 0 saturated carbocycles. The summed E-state index contributed by atoms with van der Waals surface area (Å²) in [4.78, 5) is 39.6. The van der Waals surface area contributed by atoms with Gasteiger partial charge in [-0.1, -0.05) is 13.8 Å². The Hall–Kier alpha value is -1.63. The molecule has 2 saturated heterocycles. The van der Waals surface area contributed by atoms with E-state index in [1.165, 1.54) is 0 Å². The molecule has 2 aliphatic rings. The maximum Gasteiger partial charge on any atom is 0.242 e. The van der Waals surface area contributed by atoms with Gasteiger partial charge >= 0.3 is 0 Å². The molecule has 2 heterocycles. The number of nitrogens with one attached hydrogen (secondary N) is 1.